The number of likely N-dealkylation sites (N-methyl/N-ethyl adjacent to an activating group) is 1. The van der Waals surface area contributed by atoms with E-state index in [0.717, 1.165) is 62.1 Å². The molecule has 2 aliphatic rings. The van der Waals surface area contributed by atoms with Crippen LogP contribution in [0, 0.1) is 0 Å². The zero-order valence-electron chi connectivity index (χ0n) is 25.0. The Labute approximate surface area is 251 Å². The van der Waals surface area contributed by atoms with E-state index in [1.165, 1.54) is 37.1 Å². The van der Waals surface area contributed by atoms with Crippen molar-refractivity contribution in [1.29, 1.82) is 0 Å². The maximum Gasteiger partial charge on any atom is 0.310 e. The fraction of sp³-hybridized carbons (Fsp3) is 0.444. The van der Waals surface area contributed by atoms with Gasteiger partial charge >= 0.3 is 5.97 Å². The number of likely N-dealkylation sites (tertiary alicyclic amines) is 2. The van der Waals surface area contributed by atoms with E-state index in [1.807, 2.05) is 48.3 Å². The molecule has 0 radical (unpaired) electrons. The number of esters is 1. The summed E-state index contributed by atoms with van der Waals surface area (Å²) >= 11 is 0. The lowest BCUT2D eigenvalue weighted by Gasteiger charge is -2.32. The van der Waals surface area contributed by atoms with Crippen LogP contribution in [-0.4, -0.2) is 79.0 Å². The predicted molar refractivity (Wildman–Crippen MR) is 168 cm³/mol. The van der Waals surface area contributed by atoms with Gasteiger partial charge in [-0.1, -0.05) is 78.9 Å². The molecule has 0 N–H and O–H groups in total. The number of hydrogen-bond acceptors (Lipinski definition) is 5. The third kappa shape index (κ3) is 8.76. The topological polar surface area (TPSA) is 53.1 Å². The Kier molecular flexibility index (Phi) is 10.8. The molecule has 2 aliphatic heterocycles. The number of amides is 1. The molecule has 0 unspecified atom stereocenters. The maximum atomic E-state index is 12.8. The minimum Gasteiger partial charge on any atom is -0.462 e. The second kappa shape index (κ2) is 15.1. The van der Waals surface area contributed by atoms with Crippen LogP contribution in [0.4, 0.5) is 0 Å². The molecule has 6 nitrogen and oxygen atoms in total. The molecule has 0 spiro atoms. The SMILES string of the molecule is CN(CCN1CCC(OC(=O)Cc2ccccc2-c2ccccc2)CC1)C(=O)CCc1ccc(CN2CCCC2)cc1. The summed E-state index contributed by atoms with van der Waals surface area (Å²) in [5.74, 6) is 0.0270. The first kappa shape index (κ1) is 30.0. The highest BCUT2D eigenvalue weighted by molar-refractivity contribution is 5.78. The average molecular weight is 568 g/mol. The fourth-order valence-electron chi connectivity index (χ4n) is 6.08. The van der Waals surface area contributed by atoms with Crippen LogP contribution in [0.25, 0.3) is 11.1 Å². The minimum atomic E-state index is -0.164. The highest BCUT2D eigenvalue weighted by Crippen LogP contribution is 2.24. The van der Waals surface area contributed by atoms with Crippen molar-refractivity contribution in [2.45, 2.75) is 57.6 Å². The molecule has 2 fully saturated rings. The number of piperidine rings is 1. The summed E-state index contributed by atoms with van der Waals surface area (Å²) in [5, 5.41) is 0. The normalized spacial score (nSPS) is 16.4. The summed E-state index contributed by atoms with van der Waals surface area (Å²) in [5.41, 5.74) is 5.76. The van der Waals surface area contributed by atoms with Gasteiger partial charge in [0.25, 0.3) is 0 Å². The van der Waals surface area contributed by atoms with Gasteiger partial charge in [0.05, 0.1) is 6.42 Å². The zero-order valence-corrected chi connectivity index (χ0v) is 25.0. The Morgan fingerprint density at radius 1 is 0.810 bits per heavy atom. The van der Waals surface area contributed by atoms with Crippen LogP contribution in [0.15, 0.2) is 78.9 Å². The summed E-state index contributed by atoms with van der Waals surface area (Å²) in [4.78, 5) is 32.3. The van der Waals surface area contributed by atoms with Gasteiger partial charge in [-0.25, -0.2) is 0 Å². The summed E-state index contributed by atoms with van der Waals surface area (Å²) in [7, 11) is 1.91. The molecule has 3 aromatic rings. The summed E-state index contributed by atoms with van der Waals surface area (Å²) in [6.07, 6.45) is 5.84. The van der Waals surface area contributed by atoms with Gasteiger partial charge < -0.3 is 14.5 Å². The van der Waals surface area contributed by atoms with Gasteiger partial charge in [-0.05, 0) is 73.0 Å². The van der Waals surface area contributed by atoms with Crippen molar-refractivity contribution in [2.24, 2.45) is 0 Å². The van der Waals surface area contributed by atoms with E-state index >= 15 is 0 Å². The number of carbonyl (C=O) groups excluding carboxylic acids is 2. The molecule has 2 saturated heterocycles. The van der Waals surface area contributed by atoms with Crippen LogP contribution >= 0.6 is 0 Å². The van der Waals surface area contributed by atoms with Gasteiger partial charge in [0.15, 0.2) is 0 Å². The predicted octanol–water partition coefficient (Wildman–Crippen LogP) is 5.59. The molecular formula is C36H45N3O3. The maximum absolute atomic E-state index is 12.8. The van der Waals surface area contributed by atoms with Crippen molar-refractivity contribution in [3.8, 4) is 11.1 Å². The van der Waals surface area contributed by atoms with Gasteiger partial charge in [0, 0.05) is 46.2 Å². The molecule has 42 heavy (non-hydrogen) atoms. The number of hydrogen-bond donors (Lipinski definition) is 0. The monoisotopic (exact) mass is 567 g/mol. The van der Waals surface area contributed by atoms with E-state index in [4.69, 9.17) is 4.74 Å². The van der Waals surface area contributed by atoms with Crippen LogP contribution in [0.3, 0.4) is 0 Å². The minimum absolute atomic E-state index is 0.0428. The number of rotatable bonds is 12. The smallest absolute Gasteiger partial charge is 0.310 e. The van der Waals surface area contributed by atoms with E-state index in [2.05, 4.69) is 52.3 Å². The molecule has 0 bridgehead atoms. The standard InChI is InChI=1S/C36H45N3O3/c1-37(35(40)18-17-29-13-15-30(16-14-29)28-39-21-7-8-22-39)25-26-38-23-19-33(20-24-38)42-36(41)27-32-11-5-6-12-34(32)31-9-3-2-4-10-31/h2-6,9-16,33H,7-8,17-28H2,1H3. The van der Waals surface area contributed by atoms with Crippen molar-refractivity contribution in [2.75, 3.05) is 46.3 Å². The van der Waals surface area contributed by atoms with E-state index < -0.39 is 0 Å². The second-order valence-electron chi connectivity index (χ2n) is 11.8. The third-order valence-electron chi connectivity index (χ3n) is 8.70. The van der Waals surface area contributed by atoms with Gasteiger partial charge in [0.1, 0.15) is 6.10 Å². The highest BCUT2D eigenvalue weighted by atomic mass is 16.5. The Hall–Kier alpha value is -3.48. The Balaban J connectivity index is 0.981. The number of aryl methyl sites for hydroxylation is 1. The lowest BCUT2D eigenvalue weighted by Crippen LogP contribution is -2.42. The van der Waals surface area contributed by atoms with Crippen molar-refractivity contribution in [3.05, 3.63) is 95.6 Å². The van der Waals surface area contributed by atoms with Crippen LogP contribution < -0.4 is 0 Å². The molecule has 2 heterocycles. The van der Waals surface area contributed by atoms with Gasteiger partial charge in [0.2, 0.25) is 5.91 Å². The van der Waals surface area contributed by atoms with Crippen LogP contribution in [-0.2, 0) is 33.7 Å². The highest BCUT2D eigenvalue weighted by Gasteiger charge is 2.23. The first-order valence-electron chi connectivity index (χ1n) is 15.6. The summed E-state index contributed by atoms with van der Waals surface area (Å²) in [6, 6.07) is 27.0. The van der Waals surface area contributed by atoms with Crippen LogP contribution in [0.5, 0.6) is 0 Å². The Bertz CT molecular complexity index is 1280. The third-order valence-corrected chi connectivity index (χ3v) is 8.70. The number of nitrogens with zero attached hydrogens (tertiary/aromatic N) is 3. The Morgan fingerprint density at radius 2 is 1.48 bits per heavy atom. The number of benzene rings is 3. The lowest BCUT2D eigenvalue weighted by molar-refractivity contribution is -0.150. The second-order valence-corrected chi connectivity index (χ2v) is 11.8. The van der Waals surface area contributed by atoms with Crippen molar-refractivity contribution >= 4 is 11.9 Å². The van der Waals surface area contributed by atoms with Crippen LogP contribution in [0.2, 0.25) is 0 Å². The zero-order chi connectivity index (χ0) is 29.1. The molecular weight excluding hydrogens is 522 g/mol. The Morgan fingerprint density at radius 3 is 2.21 bits per heavy atom. The van der Waals surface area contributed by atoms with Crippen LogP contribution in [0.1, 0.15) is 48.8 Å². The van der Waals surface area contributed by atoms with Crippen molar-refractivity contribution in [1.82, 2.24) is 14.7 Å². The first-order chi connectivity index (χ1) is 20.5. The van der Waals surface area contributed by atoms with E-state index in [9.17, 15) is 9.59 Å². The molecule has 3 aromatic carbocycles. The molecule has 1 amide bonds. The molecule has 222 valence electrons. The molecule has 0 saturated carbocycles. The van der Waals surface area contributed by atoms with Gasteiger partial charge in [-0.2, -0.15) is 0 Å². The van der Waals surface area contributed by atoms with E-state index in [-0.39, 0.29) is 24.4 Å². The van der Waals surface area contributed by atoms with Gasteiger partial charge in [-0.3, -0.25) is 14.5 Å². The summed E-state index contributed by atoms with van der Waals surface area (Å²) < 4.78 is 5.88. The number of ether oxygens (including phenoxy) is 1. The van der Waals surface area contributed by atoms with Gasteiger partial charge in [-0.15, -0.1) is 0 Å². The largest absolute Gasteiger partial charge is 0.462 e. The van der Waals surface area contributed by atoms with Crippen molar-refractivity contribution in [3.63, 3.8) is 0 Å². The first-order valence-corrected chi connectivity index (χ1v) is 15.6. The number of carbonyl (C=O) groups is 2. The fourth-order valence-corrected chi connectivity index (χ4v) is 6.08. The molecule has 0 aromatic heterocycles. The molecule has 0 aliphatic carbocycles. The molecule has 5 rings (SSSR count). The molecule has 0 atom stereocenters. The van der Waals surface area contributed by atoms with Crippen molar-refractivity contribution < 1.29 is 14.3 Å². The quantitative estimate of drug-likeness (QED) is 0.267. The summed E-state index contributed by atoms with van der Waals surface area (Å²) in [6.45, 7) is 6.77. The molecule has 6 heteroatoms. The average Bonchev–Trinajstić information content (AvgIpc) is 3.54. The van der Waals surface area contributed by atoms with E-state index in [1.54, 1.807) is 0 Å². The lowest BCUT2D eigenvalue weighted by atomic mass is 9.98. The van der Waals surface area contributed by atoms with E-state index in [0.29, 0.717) is 13.0 Å².